The minimum absolute atomic E-state index is 0.0480. The monoisotopic (exact) mass is 528 g/mol. The second kappa shape index (κ2) is 15.1. The Morgan fingerprint density at radius 1 is 0.919 bits per heavy atom. The Morgan fingerprint density at radius 2 is 1.54 bits per heavy atom. The molecule has 1 aliphatic rings. The Hall–Kier alpha value is -3.26. The highest BCUT2D eigenvalue weighted by atomic mass is 16.4. The molecule has 14 nitrogen and oxygen atoms in total. The maximum absolute atomic E-state index is 13.1. The normalized spacial score (nSPS) is 19.1. The van der Waals surface area contributed by atoms with Crippen molar-refractivity contribution in [1.29, 1.82) is 0 Å². The summed E-state index contributed by atoms with van der Waals surface area (Å²) in [5.41, 5.74) is 5.21. The van der Waals surface area contributed by atoms with Crippen LogP contribution >= 0.6 is 0 Å². The van der Waals surface area contributed by atoms with Crippen LogP contribution in [0.4, 0.5) is 0 Å². The molecular formula is C23H40N6O8. The predicted octanol–water partition coefficient (Wildman–Crippen LogP) is -2.53. The van der Waals surface area contributed by atoms with Crippen LogP contribution in [0.1, 0.15) is 59.8 Å². The highest BCUT2D eigenvalue weighted by molar-refractivity contribution is 5.95. The molecule has 1 heterocycles. The number of nitrogens with two attached hydrogens (primary N) is 1. The van der Waals surface area contributed by atoms with Crippen molar-refractivity contribution in [3.05, 3.63) is 0 Å². The second-order valence-corrected chi connectivity index (χ2v) is 9.70. The molecule has 0 radical (unpaired) electrons. The lowest BCUT2D eigenvalue weighted by Gasteiger charge is -2.26. The zero-order chi connectivity index (χ0) is 28.3. The first-order valence-electron chi connectivity index (χ1n) is 12.4. The van der Waals surface area contributed by atoms with E-state index in [2.05, 4.69) is 26.6 Å². The molecule has 1 aliphatic heterocycles. The van der Waals surface area contributed by atoms with Gasteiger partial charge in [-0.2, -0.15) is 0 Å². The van der Waals surface area contributed by atoms with Crippen LogP contribution in [0, 0.1) is 5.92 Å². The Bertz CT molecular complexity index is 843. The average molecular weight is 529 g/mol. The molecule has 1 fully saturated rings. The summed E-state index contributed by atoms with van der Waals surface area (Å²) in [5, 5.41) is 31.5. The number of rotatable bonds is 15. The molecule has 0 spiro atoms. The number of carbonyl (C=O) groups is 6. The molecule has 14 heteroatoms. The topological polar surface area (TPSA) is 229 Å². The fraction of sp³-hybridized carbons (Fsp3) is 0.739. The molecule has 5 amide bonds. The number of hydrogen-bond acceptors (Lipinski definition) is 8. The van der Waals surface area contributed by atoms with E-state index in [9.17, 15) is 33.9 Å². The molecule has 1 rings (SSSR count). The number of primary amides is 1. The van der Waals surface area contributed by atoms with Crippen molar-refractivity contribution in [2.75, 3.05) is 6.54 Å². The lowest BCUT2D eigenvalue weighted by Crippen LogP contribution is -2.58. The van der Waals surface area contributed by atoms with Crippen molar-refractivity contribution in [2.45, 2.75) is 96.1 Å². The second-order valence-electron chi connectivity index (χ2n) is 9.70. The lowest BCUT2D eigenvalue weighted by molar-refractivity contribution is -0.145. The number of carbonyl (C=O) groups excluding carboxylic acids is 5. The van der Waals surface area contributed by atoms with Crippen molar-refractivity contribution >= 4 is 35.5 Å². The number of aliphatic carboxylic acids is 1. The number of hydrogen-bond donors (Lipinski definition) is 8. The van der Waals surface area contributed by atoms with Gasteiger partial charge in [-0.3, -0.25) is 24.0 Å². The molecule has 0 unspecified atom stereocenters. The molecule has 1 saturated heterocycles. The summed E-state index contributed by atoms with van der Waals surface area (Å²) in [6, 6.07) is -5.42. The number of aliphatic hydroxyl groups excluding tert-OH is 1. The van der Waals surface area contributed by atoms with Crippen LogP contribution in [0.3, 0.4) is 0 Å². The fourth-order valence-corrected chi connectivity index (χ4v) is 3.76. The fourth-order valence-electron chi connectivity index (χ4n) is 3.76. The van der Waals surface area contributed by atoms with Gasteiger partial charge in [0.2, 0.25) is 29.5 Å². The third-order valence-electron chi connectivity index (χ3n) is 5.83. The van der Waals surface area contributed by atoms with Gasteiger partial charge in [-0.1, -0.05) is 13.8 Å². The molecule has 0 aromatic rings. The molecule has 37 heavy (non-hydrogen) atoms. The van der Waals surface area contributed by atoms with Gasteiger partial charge >= 0.3 is 5.97 Å². The molecule has 0 aromatic heterocycles. The first-order valence-corrected chi connectivity index (χ1v) is 12.4. The van der Waals surface area contributed by atoms with Gasteiger partial charge in [0.05, 0.1) is 12.1 Å². The summed E-state index contributed by atoms with van der Waals surface area (Å²) in [4.78, 5) is 73.5. The molecule has 9 N–H and O–H groups in total. The number of aliphatic hydroxyl groups is 1. The smallest absolute Gasteiger partial charge is 0.328 e. The van der Waals surface area contributed by atoms with E-state index < -0.39 is 71.8 Å². The summed E-state index contributed by atoms with van der Waals surface area (Å²) < 4.78 is 0. The summed E-state index contributed by atoms with van der Waals surface area (Å²) in [7, 11) is 0. The number of nitrogens with one attached hydrogen (secondary N) is 5. The van der Waals surface area contributed by atoms with E-state index in [0.29, 0.717) is 13.0 Å². The molecule has 0 aliphatic carbocycles. The van der Waals surface area contributed by atoms with Crippen LogP contribution in [-0.4, -0.2) is 88.6 Å². The molecular weight excluding hydrogens is 488 g/mol. The van der Waals surface area contributed by atoms with Crippen LogP contribution in [-0.2, 0) is 28.8 Å². The Kier molecular flexibility index (Phi) is 13.0. The van der Waals surface area contributed by atoms with Crippen LogP contribution in [0.2, 0.25) is 0 Å². The summed E-state index contributed by atoms with van der Waals surface area (Å²) >= 11 is 0. The number of carboxylic acids is 1. The third kappa shape index (κ3) is 11.1. The summed E-state index contributed by atoms with van der Waals surface area (Å²) in [6.45, 7) is 6.84. The van der Waals surface area contributed by atoms with Crippen LogP contribution < -0.4 is 32.3 Å². The van der Waals surface area contributed by atoms with Crippen LogP contribution in [0.5, 0.6) is 0 Å². The minimum Gasteiger partial charge on any atom is -0.480 e. The highest BCUT2D eigenvalue weighted by Crippen LogP contribution is 2.09. The van der Waals surface area contributed by atoms with Crippen LogP contribution in [0.25, 0.3) is 0 Å². The van der Waals surface area contributed by atoms with Gasteiger partial charge < -0.3 is 42.5 Å². The largest absolute Gasteiger partial charge is 0.480 e. The van der Waals surface area contributed by atoms with Crippen LogP contribution in [0.15, 0.2) is 0 Å². The number of amides is 5. The van der Waals surface area contributed by atoms with Crippen molar-refractivity contribution in [3.8, 4) is 0 Å². The van der Waals surface area contributed by atoms with Gasteiger partial charge in [-0.15, -0.1) is 0 Å². The van der Waals surface area contributed by atoms with Gasteiger partial charge in [0.1, 0.15) is 18.1 Å². The summed E-state index contributed by atoms with van der Waals surface area (Å²) in [6.07, 6.45) is 0.00428. The van der Waals surface area contributed by atoms with Gasteiger partial charge in [-0.05, 0) is 52.0 Å². The quantitative estimate of drug-likeness (QED) is 0.112. The number of carboxylic acid groups (broad SMARTS) is 1. The third-order valence-corrected chi connectivity index (χ3v) is 5.83. The van der Waals surface area contributed by atoms with Gasteiger partial charge in [0.15, 0.2) is 6.04 Å². The van der Waals surface area contributed by atoms with Gasteiger partial charge in [0, 0.05) is 6.42 Å². The predicted molar refractivity (Wildman–Crippen MR) is 132 cm³/mol. The zero-order valence-electron chi connectivity index (χ0n) is 21.7. The van der Waals surface area contributed by atoms with Crippen molar-refractivity contribution in [3.63, 3.8) is 0 Å². The Balaban J connectivity index is 2.92. The molecule has 0 aromatic carbocycles. The Morgan fingerprint density at radius 3 is 2.03 bits per heavy atom. The van der Waals surface area contributed by atoms with Gasteiger partial charge in [-0.25, -0.2) is 4.79 Å². The van der Waals surface area contributed by atoms with Crippen molar-refractivity contribution < 1.29 is 39.0 Å². The van der Waals surface area contributed by atoms with Crippen molar-refractivity contribution in [2.24, 2.45) is 11.7 Å². The lowest BCUT2D eigenvalue weighted by atomic mass is 10.0. The molecule has 0 bridgehead atoms. The van der Waals surface area contributed by atoms with E-state index in [4.69, 9.17) is 10.8 Å². The average Bonchev–Trinajstić information content (AvgIpc) is 3.33. The minimum atomic E-state index is -1.57. The first kappa shape index (κ1) is 31.8. The van der Waals surface area contributed by atoms with Gasteiger partial charge in [0.25, 0.3) is 0 Å². The van der Waals surface area contributed by atoms with E-state index in [1.165, 1.54) is 13.8 Å². The van der Waals surface area contributed by atoms with Crippen molar-refractivity contribution in [1.82, 2.24) is 26.6 Å². The van der Waals surface area contributed by atoms with E-state index in [1.54, 1.807) is 0 Å². The van der Waals surface area contributed by atoms with E-state index in [-0.39, 0.29) is 25.2 Å². The summed E-state index contributed by atoms with van der Waals surface area (Å²) in [5.74, 6) is -4.78. The Labute approximate surface area is 215 Å². The maximum atomic E-state index is 13.1. The van der Waals surface area contributed by atoms with E-state index in [0.717, 1.165) is 6.42 Å². The SMILES string of the molecule is CC(C)C[C@H](NC(=O)[C@H](CCC(N)=O)NC(=O)[C@@H]1CCCN1)C(=O)N[C@@H](C)C(=O)N[C@H](C(=O)O)[C@@H](C)O. The molecule has 6 atom stereocenters. The zero-order valence-corrected chi connectivity index (χ0v) is 21.7. The van der Waals surface area contributed by atoms with E-state index >= 15 is 0 Å². The first-order chi connectivity index (χ1) is 17.2. The molecule has 210 valence electrons. The standard InChI is InChI=1S/C23H40N6O8/c1-11(2)10-16(22(35)26-12(3)19(32)29-18(13(4)30)23(36)37)28-21(34)15(7-8-17(24)31)27-20(33)14-6-5-9-25-14/h11-16,18,25,30H,5-10H2,1-4H3,(H2,24,31)(H,26,35)(H,27,33)(H,28,34)(H,29,32)(H,36,37)/t12-,13+,14-,15-,16-,18-/m0/s1. The highest BCUT2D eigenvalue weighted by Gasteiger charge is 2.32. The maximum Gasteiger partial charge on any atom is 0.328 e. The molecule has 0 saturated carbocycles. The van der Waals surface area contributed by atoms with E-state index in [1.807, 2.05) is 13.8 Å².